The van der Waals surface area contributed by atoms with Gasteiger partial charge in [-0.3, -0.25) is 19.1 Å². The molecule has 3 N–H and O–H groups in total. The molecule has 31 heavy (non-hydrogen) atoms. The van der Waals surface area contributed by atoms with Gasteiger partial charge in [0.2, 0.25) is 5.88 Å². The van der Waals surface area contributed by atoms with Crippen molar-refractivity contribution in [2.75, 3.05) is 18.4 Å². The molecule has 2 aliphatic heterocycles. The fourth-order valence-electron chi connectivity index (χ4n) is 4.80. The van der Waals surface area contributed by atoms with Gasteiger partial charge >= 0.3 is 4.87 Å². The first-order valence-corrected chi connectivity index (χ1v) is 11.3. The number of hydrogen-bond acceptors (Lipinski definition) is 5. The molecule has 7 nitrogen and oxygen atoms in total. The van der Waals surface area contributed by atoms with Gasteiger partial charge in [0.15, 0.2) is 0 Å². The molecule has 8 heteroatoms. The SMILES string of the molecule is O=C1Nc2ccc(Cn3c(O)csc3=O)cc2C1=Cc1cc(CN2C[C@H]3C[C@H]3C2)c[nH]1. The number of H-pyrrole nitrogens is 1. The van der Waals surface area contributed by atoms with Crippen molar-refractivity contribution in [1.29, 1.82) is 0 Å². The fourth-order valence-corrected chi connectivity index (χ4v) is 5.42. The predicted octanol–water partition coefficient (Wildman–Crippen LogP) is 2.94. The molecular weight excluding hydrogens is 412 g/mol. The molecule has 2 fully saturated rings. The van der Waals surface area contributed by atoms with E-state index in [0.29, 0.717) is 5.57 Å². The molecule has 0 unspecified atom stereocenters. The average Bonchev–Trinajstić information content (AvgIpc) is 3.10. The number of hydrogen-bond donors (Lipinski definition) is 3. The lowest BCUT2D eigenvalue weighted by atomic mass is 10.0. The van der Waals surface area contributed by atoms with Crippen LogP contribution in [0.15, 0.2) is 40.6 Å². The number of piperidine rings is 1. The van der Waals surface area contributed by atoms with E-state index in [1.807, 2.05) is 30.5 Å². The number of rotatable bonds is 5. The van der Waals surface area contributed by atoms with Crippen LogP contribution >= 0.6 is 11.3 Å². The molecule has 1 amide bonds. The van der Waals surface area contributed by atoms with E-state index in [1.54, 1.807) is 0 Å². The third-order valence-electron chi connectivity index (χ3n) is 6.50. The fraction of sp³-hybridized carbons (Fsp3) is 0.304. The zero-order valence-corrected chi connectivity index (χ0v) is 17.6. The monoisotopic (exact) mass is 434 g/mol. The Morgan fingerprint density at radius 1 is 1.13 bits per heavy atom. The number of thiazole rings is 1. The highest BCUT2D eigenvalue weighted by atomic mass is 32.1. The van der Waals surface area contributed by atoms with Crippen LogP contribution < -0.4 is 10.2 Å². The predicted molar refractivity (Wildman–Crippen MR) is 120 cm³/mol. The third-order valence-corrected chi connectivity index (χ3v) is 7.25. The normalized spacial score (nSPS) is 23.2. The van der Waals surface area contributed by atoms with Gasteiger partial charge in [-0.2, -0.15) is 0 Å². The van der Waals surface area contributed by atoms with Crippen molar-refractivity contribution in [3.05, 3.63) is 67.9 Å². The molecule has 1 aromatic carbocycles. The third kappa shape index (κ3) is 3.41. The molecule has 1 aliphatic carbocycles. The topological polar surface area (TPSA) is 90.4 Å². The van der Waals surface area contributed by atoms with Crippen molar-refractivity contribution in [2.45, 2.75) is 19.5 Å². The largest absolute Gasteiger partial charge is 0.494 e. The first kappa shape index (κ1) is 18.7. The highest BCUT2D eigenvalue weighted by molar-refractivity contribution is 7.07. The van der Waals surface area contributed by atoms with Crippen molar-refractivity contribution in [1.82, 2.24) is 14.5 Å². The number of carbonyl (C=O) groups excluding carboxylic acids is 1. The Morgan fingerprint density at radius 3 is 2.74 bits per heavy atom. The van der Waals surface area contributed by atoms with Crippen molar-refractivity contribution in [3.63, 3.8) is 0 Å². The number of aromatic amines is 1. The van der Waals surface area contributed by atoms with Crippen molar-refractivity contribution >= 4 is 34.6 Å². The van der Waals surface area contributed by atoms with Gasteiger partial charge in [0.1, 0.15) is 0 Å². The van der Waals surface area contributed by atoms with E-state index < -0.39 is 0 Å². The summed E-state index contributed by atoms with van der Waals surface area (Å²) in [5, 5.41) is 14.2. The van der Waals surface area contributed by atoms with E-state index in [-0.39, 0.29) is 23.2 Å². The maximum atomic E-state index is 12.6. The number of carbonyl (C=O) groups is 1. The van der Waals surface area contributed by atoms with Gasteiger partial charge in [-0.05, 0) is 53.7 Å². The summed E-state index contributed by atoms with van der Waals surface area (Å²) in [6, 6.07) is 7.72. The molecule has 0 spiro atoms. The quantitative estimate of drug-likeness (QED) is 0.539. The number of aromatic nitrogens is 2. The first-order valence-electron chi connectivity index (χ1n) is 10.5. The molecule has 2 aromatic heterocycles. The van der Waals surface area contributed by atoms with E-state index in [1.165, 1.54) is 35.0 Å². The first-order chi connectivity index (χ1) is 15.0. The second kappa shape index (κ2) is 6.96. The molecule has 6 rings (SSSR count). The van der Waals surface area contributed by atoms with Gasteiger partial charge in [0, 0.05) is 42.8 Å². The van der Waals surface area contributed by atoms with Crippen LogP contribution in [0.4, 0.5) is 5.69 Å². The standard InChI is InChI=1S/C23H22N4O3S/c28-21-12-31-23(30)27(21)9-13-1-2-20-18(4-13)19(22(29)25-20)6-17-3-14(7-24-17)8-26-10-15-5-16(15)11-26/h1-4,6-7,12,15-16,24,28H,5,8-11H2,(H,25,29)/t15-,16+. The Balaban J connectivity index is 1.25. The second-order valence-electron chi connectivity index (χ2n) is 8.75. The number of likely N-dealkylation sites (tertiary alicyclic amines) is 1. The van der Waals surface area contributed by atoms with Crippen LogP contribution in [0.1, 0.15) is 28.8 Å². The van der Waals surface area contributed by atoms with Crippen LogP contribution in [0.5, 0.6) is 5.88 Å². The van der Waals surface area contributed by atoms with E-state index in [2.05, 4.69) is 21.3 Å². The molecule has 4 heterocycles. The summed E-state index contributed by atoms with van der Waals surface area (Å²) >= 11 is 0.966. The molecule has 1 saturated carbocycles. The smallest absolute Gasteiger partial charge is 0.310 e. The summed E-state index contributed by atoms with van der Waals surface area (Å²) in [5.74, 6) is 1.65. The Labute approximate surface area is 182 Å². The van der Waals surface area contributed by atoms with E-state index in [0.717, 1.165) is 52.2 Å². The van der Waals surface area contributed by atoms with Crippen LogP contribution in [0.25, 0.3) is 11.6 Å². The molecule has 0 radical (unpaired) electrons. The molecule has 3 aromatic rings. The summed E-state index contributed by atoms with van der Waals surface area (Å²) in [5.41, 5.74) is 5.12. The van der Waals surface area contributed by atoms with Gasteiger partial charge in [-0.15, -0.1) is 0 Å². The maximum absolute atomic E-state index is 12.6. The molecule has 3 aliphatic rings. The van der Waals surface area contributed by atoms with Gasteiger partial charge in [-0.25, -0.2) is 0 Å². The second-order valence-corrected chi connectivity index (χ2v) is 9.57. The summed E-state index contributed by atoms with van der Waals surface area (Å²) in [7, 11) is 0. The Bertz CT molecular complexity index is 1270. The zero-order chi connectivity index (χ0) is 21.1. The Morgan fingerprint density at radius 2 is 1.97 bits per heavy atom. The van der Waals surface area contributed by atoms with Crippen LogP contribution in [0, 0.1) is 11.8 Å². The minimum atomic E-state index is -0.211. The van der Waals surface area contributed by atoms with Crippen LogP contribution in [-0.4, -0.2) is 38.6 Å². The van der Waals surface area contributed by atoms with E-state index in [4.69, 9.17) is 0 Å². The molecular formula is C23H22N4O3S. The summed E-state index contributed by atoms with van der Waals surface area (Å²) in [6.07, 6.45) is 5.30. The highest BCUT2D eigenvalue weighted by Crippen LogP contribution is 2.45. The minimum Gasteiger partial charge on any atom is -0.494 e. The zero-order valence-electron chi connectivity index (χ0n) is 16.8. The van der Waals surface area contributed by atoms with Gasteiger partial charge in [0.25, 0.3) is 5.91 Å². The lowest BCUT2D eigenvalue weighted by Gasteiger charge is -2.15. The summed E-state index contributed by atoms with van der Waals surface area (Å²) in [4.78, 5) is 30.1. The number of anilines is 1. The molecule has 0 bridgehead atoms. The number of amides is 1. The molecule has 2 atom stereocenters. The lowest BCUT2D eigenvalue weighted by molar-refractivity contribution is -0.110. The Hall–Kier alpha value is -3.10. The summed E-state index contributed by atoms with van der Waals surface area (Å²) < 4.78 is 1.32. The van der Waals surface area contributed by atoms with E-state index >= 15 is 0 Å². The number of benzene rings is 1. The van der Waals surface area contributed by atoms with Gasteiger partial charge in [0.05, 0.1) is 17.5 Å². The maximum Gasteiger partial charge on any atom is 0.310 e. The number of nitrogens with one attached hydrogen (secondary N) is 2. The highest BCUT2D eigenvalue weighted by Gasteiger charge is 2.44. The molecule has 1 saturated heterocycles. The van der Waals surface area contributed by atoms with E-state index in [9.17, 15) is 14.7 Å². The Kier molecular flexibility index (Phi) is 4.19. The number of nitrogens with zero attached hydrogens (tertiary/aromatic N) is 2. The summed E-state index contributed by atoms with van der Waals surface area (Å²) in [6.45, 7) is 3.60. The van der Waals surface area contributed by atoms with Crippen LogP contribution in [0.2, 0.25) is 0 Å². The van der Waals surface area contributed by atoms with Crippen molar-refractivity contribution in [2.24, 2.45) is 11.8 Å². The van der Waals surface area contributed by atoms with Crippen LogP contribution in [0.3, 0.4) is 0 Å². The average molecular weight is 435 g/mol. The minimum absolute atomic E-state index is 0.0466. The van der Waals surface area contributed by atoms with Gasteiger partial charge in [-0.1, -0.05) is 17.4 Å². The van der Waals surface area contributed by atoms with Crippen molar-refractivity contribution in [3.8, 4) is 5.88 Å². The lowest BCUT2D eigenvalue weighted by Crippen LogP contribution is -2.21. The number of aromatic hydroxyl groups is 1. The number of fused-ring (bicyclic) bond motifs is 2. The van der Waals surface area contributed by atoms with Crippen LogP contribution in [-0.2, 0) is 17.9 Å². The van der Waals surface area contributed by atoms with Crippen molar-refractivity contribution < 1.29 is 9.90 Å². The molecule has 158 valence electrons. The van der Waals surface area contributed by atoms with Gasteiger partial charge < -0.3 is 15.4 Å².